The second kappa shape index (κ2) is 40.9. The smallest absolute Gasteiger partial charge is 0.462 e. The minimum absolute atomic E-state index is 0.110. The highest BCUT2D eigenvalue weighted by atomic mass is 31.2. The molecule has 0 aromatic rings. The van der Waals surface area contributed by atoms with Crippen molar-refractivity contribution in [2.75, 3.05) is 26.4 Å². The zero-order valence-corrected chi connectivity index (χ0v) is 38.2. The fourth-order valence-corrected chi connectivity index (χ4v) is 7.99. The summed E-state index contributed by atoms with van der Waals surface area (Å²) in [4.78, 5) is 35.6. The number of hydrogen-bond donors (Lipinski definition) is 6. The van der Waals surface area contributed by atoms with Gasteiger partial charge in [0.1, 0.15) is 31.0 Å². The van der Waals surface area contributed by atoms with Crippen LogP contribution in [0.5, 0.6) is 0 Å². The topological polar surface area (TPSA) is 210 Å². The molecule has 0 aliphatic rings. The Morgan fingerprint density at radius 1 is 0.492 bits per heavy atom. The Morgan fingerprint density at radius 2 is 0.847 bits per heavy atom. The molecule has 59 heavy (non-hydrogen) atoms. The van der Waals surface area contributed by atoms with E-state index >= 15 is 0 Å². The number of hydrogen-bond acceptors (Lipinski definition) is 12. The van der Waals surface area contributed by atoms with Crippen molar-refractivity contribution in [1.29, 1.82) is 0 Å². The third-order valence-corrected chi connectivity index (χ3v) is 11.9. The second-order valence-electron chi connectivity index (χ2n) is 16.5. The van der Waals surface area contributed by atoms with E-state index in [9.17, 15) is 39.5 Å². The van der Waals surface area contributed by atoms with Gasteiger partial charge in [-0.3, -0.25) is 18.6 Å². The van der Waals surface area contributed by atoms with Crippen LogP contribution >= 0.6 is 7.82 Å². The molecule has 0 spiro atoms. The van der Waals surface area contributed by atoms with Crippen molar-refractivity contribution in [1.82, 2.24) is 0 Å². The molecule has 1 unspecified atom stereocenters. The molecule has 0 aliphatic carbocycles. The molecule has 0 aromatic heterocycles. The van der Waals surface area contributed by atoms with Crippen LogP contribution in [-0.2, 0) is 32.7 Å². The van der Waals surface area contributed by atoms with Crippen molar-refractivity contribution in [3.05, 3.63) is 0 Å². The van der Waals surface area contributed by atoms with E-state index in [-0.39, 0.29) is 12.8 Å². The van der Waals surface area contributed by atoms with Gasteiger partial charge in [0.15, 0.2) is 6.10 Å². The lowest BCUT2D eigenvalue weighted by atomic mass is 10.0. The fourth-order valence-electron chi connectivity index (χ4n) is 7.04. The average molecular weight is 869 g/mol. The van der Waals surface area contributed by atoms with E-state index in [0.29, 0.717) is 12.8 Å². The molecule has 0 fully saturated rings. The average Bonchev–Trinajstić information content (AvgIpc) is 3.22. The predicted molar refractivity (Wildman–Crippen MR) is 233 cm³/mol. The Labute approximate surface area is 358 Å². The number of unbranched alkanes of at least 4 members (excludes halogenated alkanes) is 28. The van der Waals surface area contributed by atoms with Gasteiger partial charge in [-0.1, -0.05) is 194 Å². The number of carbonyl (C=O) groups excluding carboxylic acids is 2. The molecular formula is C45H89O13P. The van der Waals surface area contributed by atoms with Crippen molar-refractivity contribution >= 4 is 19.8 Å². The van der Waals surface area contributed by atoms with Crippen molar-refractivity contribution in [3.8, 4) is 0 Å². The molecule has 6 atom stereocenters. The van der Waals surface area contributed by atoms with E-state index in [4.69, 9.17) is 23.6 Å². The molecule has 6 N–H and O–H groups in total. The third-order valence-electron chi connectivity index (χ3n) is 10.9. The zero-order chi connectivity index (χ0) is 43.8. The number of esters is 2. The lowest BCUT2D eigenvalue weighted by Gasteiger charge is -2.28. The Morgan fingerprint density at radius 3 is 1.20 bits per heavy atom. The highest BCUT2D eigenvalue weighted by molar-refractivity contribution is 7.47. The SMILES string of the molecule is CCCCCCCCCCCCCCCCCC(=O)OC[C@H](COP(=O)(O)O[C@H](CO)[C@@H](O)[C@H](O)[C@H](O)CO)OC(=O)CCCCCCCCCCCCCCCCC. The number of aliphatic hydroxyl groups excluding tert-OH is 5. The van der Waals surface area contributed by atoms with E-state index in [1.54, 1.807) is 0 Å². The molecular weight excluding hydrogens is 779 g/mol. The molecule has 0 saturated heterocycles. The monoisotopic (exact) mass is 869 g/mol. The minimum Gasteiger partial charge on any atom is -0.462 e. The van der Waals surface area contributed by atoms with Gasteiger partial charge in [-0.2, -0.15) is 0 Å². The maximum atomic E-state index is 12.7. The molecule has 0 bridgehead atoms. The van der Waals surface area contributed by atoms with E-state index in [1.165, 1.54) is 141 Å². The summed E-state index contributed by atoms with van der Waals surface area (Å²) >= 11 is 0. The third kappa shape index (κ3) is 36.1. The van der Waals surface area contributed by atoms with E-state index < -0.39 is 76.7 Å². The van der Waals surface area contributed by atoms with Gasteiger partial charge in [-0.25, -0.2) is 4.57 Å². The lowest BCUT2D eigenvalue weighted by Crippen LogP contribution is -2.47. The van der Waals surface area contributed by atoms with Gasteiger partial charge in [0.2, 0.25) is 0 Å². The van der Waals surface area contributed by atoms with E-state index in [2.05, 4.69) is 13.8 Å². The van der Waals surface area contributed by atoms with Crippen LogP contribution in [0, 0.1) is 0 Å². The maximum absolute atomic E-state index is 12.7. The van der Waals surface area contributed by atoms with Crippen molar-refractivity contribution in [2.45, 2.75) is 250 Å². The van der Waals surface area contributed by atoms with Gasteiger partial charge >= 0.3 is 19.8 Å². The maximum Gasteiger partial charge on any atom is 0.472 e. The lowest BCUT2D eigenvalue weighted by molar-refractivity contribution is -0.161. The predicted octanol–water partition coefficient (Wildman–Crippen LogP) is 9.53. The molecule has 352 valence electrons. The number of aliphatic hydroxyl groups is 5. The van der Waals surface area contributed by atoms with Crippen LogP contribution in [0.3, 0.4) is 0 Å². The summed E-state index contributed by atoms with van der Waals surface area (Å²) < 4.78 is 33.4. The summed E-state index contributed by atoms with van der Waals surface area (Å²) in [6.07, 6.45) is 27.2. The Balaban J connectivity index is 4.66. The number of ether oxygens (including phenoxy) is 2. The van der Waals surface area contributed by atoms with Crippen LogP contribution < -0.4 is 0 Å². The summed E-state index contributed by atoms with van der Waals surface area (Å²) in [5.41, 5.74) is 0. The molecule has 0 aromatic carbocycles. The van der Waals surface area contributed by atoms with Gasteiger partial charge in [0, 0.05) is 12.8 Å². The van der Waals surface area contributed by atoms with E-state index in [0.717, 1.165) is 38.5 Å². The summed E-state index contributed by atoms with van der Waals surface area (Å²) in [5.74, 6) is -1.07. The Hall–Kier alpha value is -1.15. The zero-order valence-electron chi connectivity index (χ0n) is 37.3. The number of phosphoric acid groups is 1. The largest absolute Gasteiger partial charge is 0.472 e. The molecule has 0 aliphatic heterocycles. The van der Waals surface area contributed by atoms with Crippen LogP contribution in [0.15, 0.2) is 0 Å². The van der Waals surface area contributed by atoms with Crippen LogP contribution in [0.4, 0.5) is 0 Å². The fraction of sp³-hybridized carbons (Fsp3) is 0.956. The molecule has 0 heterocycles. The highest BCUT2D eigenvalue weighted by Gasteiger charge is 2.37. The standard InChI is InChI=1S/C45H89O13P/c1-3-5-7-9-11-13-15-17-19-21-23-25-27-29-31-33-42(49)55-37-39(38-56-59(53,54)58-41(36-47)45(52)44(51)40(48)35-46)57-43(50)34-32-30-28-26-24-22-20-18-16-14-12-10-8-6-4-2/h39-41,44-48,51-52H,3-38H2,1-2H3,(H,53,54)/t39-,40-,41-,44-,45-/m1/s1. The first-order valence-corrected chi connectivity index (χ1v) is 25.3. The van der Waals surface area contributed by atoms with Crippen molar-refractivity contribution < 1.29 is 63.1 Å². The first-order chi connectivity index (χ1) is 28.5. The van der Waals surface area contributed by atoms with Gasteiger partial charge in [0.05, 0.1) is 19.8 Å². The first-order valence-electron chi connectivity index (χ1n) is 23.8. The van der Waals surface area contributed by atoms with Crippen LogP contribution in [0.1, 0.15) is 219 Å². The normalized spacial score (nSPS) is 15.3. The molecule has 13 nitrogen and oxygen atoms in total. The summed E-state index contributed by atoms with van der Waals surface area (Å²) in [6, 6.07) is 0. The summed E-state index contributed by atoms with van der Waals surface area (Å²) in [7, 11) is -5.05. The molecule has 0 radical (unpaired) electrons. The summed E-state index contributed by atoms with van der Waals surface area (Å²) in [6.45, 7) is 1.39. The van der Waals surface area contributed by atoms with Crippen LogP contribution in [0.2, 0.25) is 0 Å². The number of rotatable bonds is 45. The minimum atomic E-state index is -5.05. The van der Waals surface area contributed by atoms with E-state index in [1.807, 2.05) is 0 Å². The van der Waals surface area contributed by atoms with Crippen molar-refractivity contribution in [3.63, 3.8) is 0 Å². The summed E-state index contributed by atoms with van der Waals surface area (Å²) in [5, 5.41) is 48.4. The van der Waals surface area contributed by atoms with Crippen LogP contribution in [0.25, 0.3) is 0 Å². The molecule has 0 saturated carbocycles. The number of carbonyl (C=O) groups is 2. The van der Waals surface area contributed by atoms with Gasteiger partial charge in [0.25, 0.3) is 0 Å². The van der Waals surface area contributed by atoms with Gasteiger partial charge in [-0.05, 0) is 12.8 Å². The Kier molecular flexibility index (Phi) is 40.1. The molecule has 0 rings (SSSR count). The number of phosphoric ester groups is 1. The van der Waals surface area contributed by atoms with Gasteiger partial charge in [-0.15, -0.1) is 0 Å². The highest BCUT2D eigenvalue weighted by Crippen LogP contribution is 2.45. The first kappa shape index (κ1) is 57.9. The Bertz CT molecular complexity index is 1000. The van der Waals surface area contributed by atoms with Crippen LogP contribution in [-0.4, -0.2) is 99.3 Å². The quantitative estimate of drug-likeness (QED) is 0.0192. The van der Waals surface area contributed by atoms with Crippen molar-refractivity contribution in [2.24, 2.45) is 0 Å². The molecule has 0 amide bonds. The second-order valence-corrected chi connectivity index (χ2v) is 17.9. The van der Waals surface area contributed by atoms with Gasteiger partial charge < -0.3 is 39.9 Å². The molecule has 14 heteroatoms.